The van der Waals surface area contributed by atoms with Crippen molar-refractivity contribution in [2.45, 2.75) is 38.7 Å². The summed E-state index contributed by atoms with van der Waals surface area (Å²) in [4.78, 5) is 11.5. The highest BCUT2D eigenvalue weighted by molar-refractivity contribution is 5.73. The van der Waals surface area contributed by atoms with Crippen LogP contribution >= 0.6 is 0 Å². The van der Waals surface area contributed by atoms with Crippen molar-refractivity contribution in [3.63, 3.8) is 0 Å². The van der Waals surface area contributed by atoms with Crippen molar-refractivity contribution in [2.24, 2.45) is 5.92 Å². The molecule has 4 heteroatoms. The molecule has 0 aromatic rings. The molecule has 0 aliphatic carbocycles. The largest absolute Gasteiger partial charge is 0.469 e. The van der Waals surface area contributed by atoms with Gasteiger partial charge in [-0.2, -0.15) is 0 Å². The van der Waals surface area contributed by atoms with E-state index in [-0.39, 0.29) is 12.6 Å². The van der Waals surface area contributed by atoms with E-state index < -0.39 is 11.5 Å². The number of esters is 1. The van der Waals surface area contributed by atoms with Crippen molar-refractivity contribution in [1.29, 1.82) is 0 Å². The van der Waals surface area contributed by atoms with Crippen LogP contribution in [0.25, 0.3) is 0 Å². The number of carbonyl (C=O) groups excluding carboxylic acids is 1. The van der Waals surface area contributed by atoms with Crippen LogP contribution in [0.5, 0.6) is 0 Å². The van der Waals surface area contributed by atoms with E-state index in [1.165, 1.54) is 14.2 Å². The molecule has 2 unspecified atom stereocenters. The second-order valence-electron chi connectivity index (χ2n) is 4.01. The van der Waals surface area contributed by atoms with Crippen molar-refractivity contribution in [3.05, 3.63) is 0 Å². The quantitative estimate of drug-likeness (QED) is 0.656. The Hall–Kier alpha value is -0.610. The maximum absolute atomic E-state index is 11.5. The molecule has 0 aromatic carbocycles. The second kappa shape index (κ2) is 6.80. The summed E-state index contributed by atoms with van der Waals surface area (Å²) in [7, 11) is 2.84. The third-order valence-electron chi connectivity index (χ3n) is 2.52. The minimum absolute atomic E-state index is 0.135. The van der Waals surface area contributed by atoms with Crippen molar-refractivity contribution in [1.82, 2.24) is 0 Å². The van der Waals surface area contributed by atoms with E-state index in [0.717, 1.165) is 12.8 Å². The molecule has 0 bridgehead atoms. The maximum atomic E-state index is 11.5. The molecule has 0 heterocycles. The molecule has 1 N–H and O–H groups in total. The van der Waals surface area contributed by atoms with Gasteiger partial charge in [0.15, 0.2) is 0 Å². The summed E-state index contributed by atoms with van der Waals surface area (Å²) in [6, 6.07) is 0. The fourth-order valence-electron chi connectivity index (χ4n) is 1.63. The highest BCUT2D eigenvalue weighted by atomic mass is 16.5. The van der Waals surface area contributed by atoms with Gasteiger partial charge in [-0.05, 0) is 13.3 Å². The van der Waals surface area contributed by atoms with E-state index in [2.05, 4.69) is 4.74 Å². The zero-order chi connectivity index (χ0) is 11.9. The predicted molar refractivity (Wildman–Crippen MR) is 57.5 cm³/mol. The minimum atomic E-state index is -1.16. The number of unbranched alkanes of at least 4 members (excludes halogenated alkanes) is 1. The van der Waals surface area contributed by atoms with E-state index in [0.29, 0.717) is 6.42 Å². The van der Waals surface area contributed by atoms with Gasteiger partial charge in [0.2, 0.25) is 0 Å². The third kappa shape index (κ3) is 4.62. The average Bonchev–Trinajstić information content (AvgIpc) is 2.17. The summed E-state index contributed by atoms with van der Waals surface area (Å²) in [6.45, 7) is 3.78. The topological polar surface area (TPSA) is 55.8 Å². The SMILES string of the molecule is CCCCC(C(=O)OC)C(C)(O)COC. The van der Waals surface area contributed by atoms with E-state index in [9.17, 15) is 9.90 Å². The van der Waals surface area contributed by atoms with Gasteiger partial charge in [0, 0.05) is 7.11 Å². The van der Waals surface area contributed by atoms with Crippen LogP contribution in [0, 0.1) is 5.92 Å². The Balaban J connectivity index is 4.52. The Morgan fingerprint density at radius 2 is 2.07 bits per heavy atom. The fourth-order valence-corrected chi connectivity index (χ4v) is 1.63. The van der Waals surface area contributed by atoms with Crippen LogP contribution in [-0.2, 0) is 14.3 Å². The summed E-state index contributed by atoms with van der Waals surface area (Å²) >= 11 is 0. The molecule has 0 amide bonds. The lowest BCUT2D eigenvalue weighted by Gasteiger charge is -2.30. The van der Waals surface area contributed by atoms with Gasteiger partial charge in [-0.1, -0.05) is 19.8 Å². The number of carbonyl (C=O) groups is 1. The van der Waals surface area contributed by atoms with Gasteiger partial charge in [0.05, 0.1) is 25.2 Å². The molecule has 4 nitrogen and oxygen atoms in total. The van der Waals surface area contributed by atoms with E-state index in [1.54, 1.807) is 6.92 Å². The molecule has 0 fully saturated rings. The molecule has 0 saturated carbocycles. The lowest BCUT2D eigenvalue weighted by atomic mass is 9.85. The summed E-state index contributed by atoms with van der Waals surface area (Å²) in [5, 5.41) is 10.1. The molecule has 0 rings (SSSR count). The number of rotatable bonds is 7. The van der Waals surface area contributed by atoms with Crippen LogP contribution in [0.3, 0.4) is 0 Å². The molecule has 2 atom stereocenters. The molecular formula is C11H22O4. The van der Waals surface area contributed by atoms with Gasteiger partial charge in [0.1, 0.15) is 0 Å². The van der Waals surface area contributed by atoms with Gasteiger partial charge in [-0.3, -0.25) is 4.79 Å². The van der Waals surface area contributed by atoms with E-state index in [4.69, 9.17) is 4.74 Å². The van der Waals surface area contributed by atoms with Crippen molar-refractivity contribution in [2.75, 3.05) is 20.8 Å². The zero-order valence-electron chi connectivity index (χ0n) is 10.1. The lowest BCUT2D eigenvalue weighted by molar-refractivity contribution is -0.159. The molecule has 0 radical (unpaired) electrons. The smallest absolute Gasteiger partial charge is 0.311 e. The Bertz CT molecular complexity index is 189. The highest BCUT2D eigenvalue weighted by Gasteiger charge is 2.37. The average molecular weight is 218 g/mol. The van der Waals surface area contributed by atoms with Crippen molar-refractivity contribution >= 4 is 5.97 Å². The Morgan fingerprint density at radius 1 is 1.47 bits per heavy atom. The van der Waals surface area contributed by atoms with Gasteiger partial charge < -0.3 is 14.6 Å². The zero-order valence-corrected chi connectivity index (χ0v) is 10.1. The first-order chi connectivity index (χ1) is 6.99. The first-order valence-corrected chi connectivity index (χ1v) is 5.28. The van der Waals surface area contributed by atoms with Crippen molar-refractivity contribution in [3.8, 4) is 0 Å². The van der Waals surface area contributed by atoms with Gasteiger partial charge in [0.25, 0.3) is 0 Å². The monoisotopic (exact) mass is 218 g/mol. The Morgan fingerprint density at radius 3 is 2.47 bits per heavy atom. The van der Waals surface area contributed by atoms with Gasteiger partial charge in [-0.25, -0.2) is 0 Å². The van der Waals surface area contributed by atoms with Crippen LogP contribution in [0.15, 0.2) is 0 Å². The molecular weight excluding hydrogens is 196 g/mol. The van der Waals surface area contributed by atoms with Crippen LogP contribution in [0.4, 0.5) is 0 Å². The number of ether oxygens (including phenoxy) is 2. The molecule has 0 aliphatic heterocycles. The first kappa shape index (κ1) is 14.4. The molecule has 0 aliphatic rings. The van der Waals surface area contributed by atoms with Gasteiger partial charge >= 0.3 is 5.97 Å². The summed E-state index contributed by atoms with van der Waals surface area (Å²) in [5.74, 6) is -0.882. The van der Waals surface area contributed by atoms with Crippen LogP contribution in [-0.4, -0.2) is 37.5 Å². The molecule has 0 saturated heterocycles. The third-order valence-corrected chi connectivity index (χ3v) is 2.52. The number of methoxy groups -OCH3 is 2. The highest BCUT2D eigenvalue weighted by Crippen LogP contribution is 2.24. The van der Waals surface area contributed by atoms with Crippen molar-refractivity contribution < 1.29 is 19.4 Å². The predicted octanol–water partition coefficient (Wildman–Crippen LogP) is 1.36. The summed E-state index contributed by atoms with van der Waals surface area (Å²) in [5.41, 5.74) is -1.16. The summed E-state index contributed by atoms with van der Waals surface area (Å²) in [6.07, 6.45) is 2.50. The second-order valence-corrected chi connectivity index (χ2v) is 4.01. The van der Waals surface area contributed by atoms with Crippen LogP contribution in [0.1, 0.15) is 33.1 Å². The lowest BCUT2D eigenvalue weighted by Crippen LogP contribution is -2.44. The summed E-state index contributed by atoms with van der Waals surface area (Å²) < 4.78 is 9.59. The minimum Gasteiger partial charge on any atom is -0.469 e. The fraction of sp³-hybridized carbons (Fsp3) is 0.909. The van der Waals surface area contributed by atoms with Gasteiger partial charge in [-0.15, -0.1) is 0 Å². The first-order valence-electron chi connectivity index (χ1n) is 5.28. The standard InChI is InChI=1S/C11H22O4/c1-5-6-7-9(10(12)15-4)11(2,13)8-14-3/h9,13H,5-8H2,1-4H3. The molecule has 15 heavy (non-hydrogen) atoms. The molecule has 0 spiro atoms. The number of hydrogen-bond acceptors (Lipinski definition) is 4. The maximum Gasteiger partial charge on any atom is 0.311 e. The molecule has 90 valence electrons. The van der Waals surface area contributed by atoms with E-state index in [1.807, 2.05) is 6.92 Å². The normalized spacial score (nSPS) is 16.9. The Kier molecular flexibility index (Phi) is 6.52. The Labute approximate surface area is 91.6 Å². The molecule has 0 aromatic heterocycles. The van der Waals surface area contributed by atoms with Crippen LogP contribution < -0.4 is 0 Å². The van der Waals surface area contributed by atoms with E-state index >= 15 is 0 Å². The van der Waals surface area contributed by atoms with Crippen LogP contribution in [0.2, 0.25) is 0 Å². The number of hydrogen-bond donors (Lipinski definition) is 1. The number of aliphatic hydroxyl groups is 1.